The Hall–Kier alpha value is -1.56. The third-order valence-corrected chi connectivity index (χ3v) is 7.24. The van der Waals surface area contributed by atoms with Crippen molar-refractivity contribution in [2.45, 2.75) is 55.1 Å². The number of carboxylic acid groups (broad SMARTS) is 1. The summed E-state index contributed by atoms with van der Waals surface area (Å²) in [4.78, 5) is 11.9. The maximum atomic E-state index is 12.9. The van der Waals surface area contributed by atoms with Crippen molar-refractivity contribution in [1.82, 2.24) is 0 Å². The zero-order valence-electron chi connectivity index (χ0n) is 13.6. The van der Waals surface area contributed by atoms with Crippen molar-refractivity contribution in [2.24, 2.45) is 5.92 Å². The molecule has 0 saturated heterocycles. The fourth-order valence-corrected chi connectivity index (χ4v) is 4.97. The molecule has 1 N–H and O–H groups in total. The normalized spacial score (nSPS) is 19.0. The van der Waals surface area contributed by atoms with Crippen LogP contribution in [-0.2, 0) is 14.6 Å². The number of carboxylic acids is 1. The number of ether oxygens (including phenoxy) is 1. The Morgan fingerprint density at radius 2 is 1.78 bits per heavy atom. The third-order valence-electron chi connectivity index (χ3n) is 4.82. The van der Waals surface area contributed by atoms with Crippen molar-refractivity contribution < 1.29 is 23.1 Å². The fourth-order valence-electron chi connectivity index (χ4n) is 3.27. The van der Waals surface area contributed by atoms with Crippen LogP contribution in [0.15, 0.2) is 29.2 Å². The fraction of sp³-hybridized carbons (Fsp3) is 0.588. The number of rotatable bonds is 6. The van der Waals surface area contributed by atoms with Crippen LogP contribution in [0.5, 0.6) is 5.75 Å². The molecular weight excluding hydrogens is 316 g/mol. The maximum Gasteiger partial charge on any atom is 0.325 e. The molecule has 23 heavy (non-hydrogen) atoms. The van der Waals surface area contributed by atoms with Gasteiger partial charge in [-0.15, -0.1) is 0 Å². The summed E-state index contributed by atoms with van der Waals surface area (Å²) in [6.07, 6.45) is 5.20. The highest BCUT2D eigenvalue weighted by molar-refractivity contribution is 7.93. The van der Waals surface area contributed by atoms with Gasteiger partial charge in [0.05, 0.1) is 12.0 Å². The minimum Gasteiger partial charge on any atom is -0.497 e. The number of methoxy groups -OCH3 is 1. The Balaban J connectivity index is 2.34. The highest BCUT2D eigenvalue weighted by Crippen LogP contribution is 2.37. The second kappa shape index (κ2) is 6.91. The van der Waals surface area contributed by atoms with E-state index in [9.17, 15) is 18.3 Å². The first kappa shape index (κ1) is 17.8. The topological polar surface area (TPSA) is 80.7 Å². The molecule has 128 valence electrons. The van der Waals surface area contributed by atoms with E-state index in [-0.39, 0.29) is 17.2 Å². The zero-order chi connectivity index (χ0) is 17.1. The summed E-state index contributed by atoms with van der Waals surface area (Å²) < 4.78 is 29.1. The molecule has 1 aliphatic carbocycles. The Bertz CT molecular complexity index is 644. The van der Waals surface area contributed by atoms with Crippen molar-refractivity contribution >= 4 is 15.8 Å². The molecule has 1 aromatic rings. The van der Waals surface area contributed by atoms with Gasteiger partial charge in [0, 0.05) is 0 Å². The van der Waals surface area contributed by atoms with Crippen LogP contribution in [0.2, 0.25) is 0 Å². The Morgan fingerprint density at radius 3 is 2.26 bits per heavy atom. The molecule has 0 aliphatic heterocycles. The molecule has 5 nitrogen and oxygen atoms in total. The second-order valence-electron chi connectivity index (χ2n) is 6.42. The lowest BCUT2D eigenvalue weighted by Gasteiger charge is -2.31. The van der Waals surface area contributed by atoms with Gasteiger partial charge in [-0.05, 0) is 43.5 Å². The monoisotopic (exact) mass is 340 g/mol. The molecule has 1 fully saturated rings. The van der Waals surface area contributed by atoms with Crippen LogP contribution in [0, 0.1) is 5.92 Å². The van der Waals surface area contributed by atoms with E-state index >= 15 is 0 Å². The molecule has 0 unspecified atom stereocenters. The van der Waals surface area contributed by atoms with Gasteiger partial charge < -0.3 is 9.84 Å². The van der Waals surface area contributed by atoms with Gasteiger partial charge in [-0.2, -0.15) is 0 Å². The summed E-state index contributed by atoms with van der Waals surface area (Å²) >= 11 is 0. The van der Waals surface area contributed by atoms with E-state index in [2.05, 4.69) is 0 Å². The lowest BCUT2D eigenvalue weighted by Crippen LogP contribution is -2.45. The van der Waals surface area contributed by atoms with E-state index in [4.69, 9.17) is 4.74 Å². The number of aliphatic carboxylic acids is 1. The summed E-state index contributed by atoms with van der Waals surface area (Å²) in [7, 11) is -2.49. The summed E-state index contributed by atoms with van der Waals surface area (Å²) in [6, 6.07) is 5.90. The average Bonchev–Trinajstić information content (AvgIpc) is 2.55. The van der Waals surface area contributed by atoms with Crippen molar-refractivity contribution in [3.05, 3.63) is 24.3 Å². The van der Waals surface area contributed by atoms with Gasteiger partial charge in [0.1, 0.15) is 5.75 Å². The lowest BCUT2D eigenvalue weighted by atomic mass is 9.83. The van der Waals surface area contributed by atoms with Crippen LogP contribution >= 0.6 is 0 Å². The van der Waals surface area contributed by atoms with Crippen molar-refractivity contribution in [3.63, 3.8) is 0 Å². The van der Waals surface area contributed by atoms with E-state index in [1.54, 1.807) is 0 Å². The number of carbonyl (C=O) groups is 1. The molecule has 0 heterocycles. The molecule has 1 atom stereocenters. The van der Waals surface area contributed by atoms with Gasteiger partial charge in [0.15, 0.2) is 14.6 Å². The molecule has 2 rings (SSSR count). The van der Waals surface area contributed by atoms with E-state index in [1.807, 2.05) is 0 Å². The minimum absolute atomic E-state index is 0.0269. The molecule has 0 aromatic heterocycles. The smallest absolute Gasteiger partial charge is 0.325 e. The molecule has 0 bridgehead atoms. The summed E-state index contributed by atoms with van der Waals surface area (Å²) in [5.41, 5.74) is 0. The first-order chi connectivity index (χ1) is 10.8. The molecule has 0 amide bonds. The van der Waals surface area contributed by atoms with Crippen molar-refractivity contribution in [2.75, 3.05) is 7.11 Å². The van der Waals surface area contributed by atoms with Crippen molar-refractivity contribution in [3.8, 4) is 5.75 Å². The average molecular weight is 340 g/mol. The van der Waals surface area contributed by atoms with E-state index in [0.29, 0.717) is 5.75 Å². The second-order valence-corrected chi connectivity index (χ2v) is 8.80. The van der Waals surface area contributed by atoms with Crippen LogP contribution < -0.4 is 4.74 Å². The molecule has 1 saturated carbocycles. The molecule has 6 heteroatoms. The van der Waals surface area contributed by atoms with E-state index in [1.165, 1.54) is 38.3 Å². The van der Waals surface area contributed by atoms with Crippen LogP contribution in [-0.4, -0.2) is 31.4 Å². The van der Waals surface area contributed by atoms with Gasteiger partial charge in [-0.3, -0.25) is 4.79 Å². The molecule has 1 aromatic carbocycles. The summed E-state index contributed by atoms with van der Waals surface area (Å²) in [5, 5.41) is 9.66. The quantitative estimate of drug-likeness (QED) is 0.859. The summed E-state index contributed by atoms with van der Waals surface area (Å²) in [5.74, 6) is -0.593. The highest BCUT2D eigenvalue weighted by atomic mass is 32.2. The Kier molecular flexibility index (Phi) is 5.34. The standard InChI is InChI=1S/C17H24O5S/c1-17(16(18)19,12-13-6-4-3-5-7-13)23(20,21)15-10-8-14(22-2)9-11-15/h8-11,13H,3-7,12H2,1-2H3,(H,18,19)/t17-/m0/s1. The summed E-state index contributed by atoms with van der Waals surface area (Å²) in [6.45, 7) is 1.34. The predicted molar refractivity (Wildman–Crippen MR) is 87.4 cm³/mol. The number of hydrogen-bond acceptors (Lipinski definition) is 4. The van der Waals surface area contributed by atoms with Gasteiger partial charge in [0.2, 0.25) is 0 Å². The molecule has 1 aliphatic rings. The molecule has 0 spiro atoms. The first-order valence-electron chi connectivity index (χ1n) is 7.93. The Morgan fingerprint density at radius 1 is 1.22 bits per heavy atom. The van der Waals surface area contributed by atoms with Crippen LogP contribution in [0.25, 0.3) is 0 Å². The van der Waals surface area contributed by atoms with Crippen LogP contribution in [0.1, 0.15) is 45.4 Å². The minimum atomic E-state index is -3.98. The molecular formula is C17H24O5S. The van der Waals surface area contributed by atoms with Gasteiger partial charge >= 0.3 is 5.97 Å². The van der Waals surface area contributed by atoms with Gasteiger partial charge in [0.25, 0.3) is 0 Å². The van der Waals surface area contributed by atoms with E-state index < -0.39 is 20.6 Å². The van der Waals surface area contributed by atoms with E-state index in [0.717, 1.165) is 32.1 Å². The van der Waals surface area contributed by atoms with Gasteiger partial charge in [-0.1, -0.05) is 32.1 Å². The third kappa shape index (κ3) is 3.52. The number of benzene rings is 1. The molecule has 0 radical (unpaired) electrons. The lowest BCUT2D eigenvalue weighted by molar-refractivity contribution is -0.140. The van der Waals surface area contributed by atoms with Gasteiger partial charge in [-0.25, -0.2) is 8.42 Å². The number of hydrogen-bond donors (Lipinski definition) is 1. The zero-order valence-corrected chi connectivity index (χ0v) is 14.4. The van der Waals surface area contributed by atoms with Crippen molar-refractivity contribution in [1.29, 1.82) is 0 Å². The largest absolute Gasteiger partial charge is 0.497 e. The Labute approximate surface area is 137 Å². The predicted octanol–water partition coefficient (Wildman–Crippen LogP) is 3.28. The SMILES string of the molecule is COc1ccc(S(=O)(=O)[C@@](C)(CC2CCCCC2)C(=O)O)cc1. The van der Waals surface area contributed by atoms with Crippen LogP contribution in [0.3, 0.4) is 0 Å². The first-order valence-corrected chi connectivity index (χ1v) is 9.41. The number of sulfone groups is 1. The highest BCUT2D eigenvalue weighted by Gasteiger charge is 2.48. The maximum absolute atomic E-state index is 12.9. The van der Waals surface area contributed by atoms with Crippen LogP contribution in [0.4, 0.5) is 0 Å².